The smallest absolute Gasteiger partial charge is 0.321 e. The third-order valence-electron chi connectivity index (χ3n) is 4.26. The van der Waals surface area contributed by atoms with E-state index in [-0.39, 0.29) is 18.9 Å². The lowest BCUT2D eigenvalue weighted by molar-refractivity contribution is -0.152. The van der Waals surface area contributed by atoms with Gasteiger partial charge in [-0.05, 0) is 38.0 Å². The molecule has 0 unspecified atom stereocenters. The zero-order chi connectivity index (χ0) is 19.3. The quantitative estimate of drug-likeness (QED) is 0.763. The summed E-state index contributed by atoms with van der Waals surface area (Å²) in [4.78, 5) is 48.8. The Morgan fingerprint density at radius 2 is 2.00 bits per heavy atom. The maximum absolute atomic E-state index is 12.3. The number of ether oxygens (including phenoxy) is 1. The van der Waals surface area contributed by atoms with Gasteiger partial charge in [-0.15, -0.1) is 0 Å². The number of imide groups is 1. The Labute approximate surface area is 151 Å². The summed E-state index contributed by atoms with van der Waals surface area (Å²) < 4.78 is 4.94. The minimum atomic E-state index is -0.722. The summed E-state index contributed by atoms with van der Waals surface area (Å²) in [5, 5.41) is 4.44. The van der Waals surface area contributed by atoms with E-state index in [1.54, 1.807) is 11.8 Å². The summed E-state index contributed by atoms with van der Waals surface area (Å²) in [5.74, 6) is -2.15. The maximum atomic E-state index is 12.3. The Morgan fingerprint density at radius 1 is 1.27 bits per heavy atom. The van der Waals surface area contributed by atoms with Crippen LogP contribution in [0.2, 0.25) is 0 Å². The molecule has 2 N–H and O–H groups in total. The van der Waals surface area contributed by atoms with Crippen LogP contribution < -0.4 is 15.5 Å². The number of nitrogens with zero attached hydrogens (tertiary/aromatic N) is 1. The Balaban J connectivity index is 1.91. The molecule has 0 saturated carbocycles. The fourth-order valence-corrected chi connectivity index (χ4v) is 2.75. The van der Waals surface area contributed by atoms with Crippen LogP contribution >= 0.6 is 0 Å². The van der Waals surface area contributed by atoms with Crippen molar-refractivity contribution in [3.63, 3.8) is 0 Å². The highest BCUT2D eigenvalue weighted by Gasteiger charge is 2.37. The average molecular weight is 361 g/mol. The van der Waals surface area contributed by atoms with E-state index in [1.165, 1.54) is 0 Å². The van der Waals surface area contributed by atoms with Crippen molar-refractivity contribution in [2.45, 2.75) is 27.2 Å². The van der Waals surface area contributed by atoms with E-state index in [0.717, 1.165) is 16.8 Å². The standard InChI is InChI=1S/C18H23N3O5/c1-4-19-18(25)20-15(22)10-26-17(24)13-8-16(23)21(9-13)14-7-5-6-11(2)12(14)3/h5-7,13H,4,8-10H2,1-3H3,(H2,19,20,22,25)/t13-/m0/s1. The van der Waals surface area contributed by atoms with E-state index in [2.05, 4.69) is 5.32 Å². The van der Waals surface area contributed by atoms with Gasteiger partial charge in [0.2, 0.25) is 5.91 Å². The predicted molar refractivity (Wildman–Crippen MR) is 94.6 cm³/mol. The summed E-state index contributed by atoms with van der Waals surface area (Å²) in [7, 11) is 0. The molecule has 4 amide bonds. The first-order valence-corrected chi connectivity index (χ1v) is 8.44. The monoisotopic (exact) mass is 361 g/mol. The molecular weight excluding hydrogens is 338 g/mol. The minimum Gasteiger partial charge on any atom is -0.455 e. The molecule has 1 aromatic rings. The summed E-state index contributed by atoms with van der Waals surface area (Å²) >= 11 is 0. The first-order chi connectivity index (χ1) is 12.3. The van der Waals surface area contributed by atoms with Crippen molar-refractivity contribution in [1.82, 2.24) is 10.6 Å². The van der Waals surface area contributed by atoms with Gasteiger partial charge in [-0.1, -0.05) is 12.1 Å². The topological polar surface area (TPSA) is 105 Å². The number of anilines is 1. The van der Waals surface area contributed by atoms with E-state index < -0.39 is 30.4 Å². The molecule has 1 fully saturated rings. The van der Waals surface area contributed by atoms with Crippen molar-refractivity contribution < 1.29 is 23.9 Å². The van der Waals surface area contributed by atoms with Gasteiger partial charge in [-0.25, -0.2) is 4.79 Å². The van der Waals surface area contributed by atoms with Crippen molar-refractivity contribution in [3.05, 3.63) is 29.3 Å². The van der Waals surface area contributed by atoms with Crippen LogP contribution in [0.3, 0.4) is 0 Å². The number of carbonyl (C=O) groups is 4. The number of rotatable bonds is 5. The van der Waals surface area contributed by atoms with Gasteiger partial charge in [0, 0.05) is 25.2 Å². The van der Waals surface area contributed by atoms with Crippen LogP contribution in [-0.2, 0) is 19.1 Å². The van der Waals surface area contributed by atoms with E-state index in [4.69, 9.17) is 4.74 Å². The molecular formula is C18H23N3O5. The SMILES string of the molecule is CCNC(=O)NC(=O)COC(=O)[C@H]1CC(=O)N(c2cccc(C)c2C)C1. The molecule has 0 aliphatic carbocycles. The van der Waals surface area contributed by atoms with Gasteiger partial charge in [-0.3, -0.25) is 19.7 Å². The van der Waals surface area contributed by atoms with Crippen LogP contribution in [0.15, 0.2) is 18.2 Å². The molecule has 0 spiro atoms. The summed E-state index contributed by atoms with van der Waals surface area (Å²) in [6, 6.07) is 5.01. The molecule has 1 heterocycles. The lowest BCUT2D eigenvalue weighted by Gasteiger charge is -2.20. The zero-order valence-electron chi connectivity index (χ0n) is 15.1. The summed E-state index contributed by atoms with van der Waals surface area (Å²) in [6.07, 6.45) is 0.0319. The molecule has 1 atom stereocenters. The van der Waals surface area contributed by atoms with Crippen molar-refractivity contribution >= 4 is 29.5 Å². The van der Waals surface area contributed by atoms with Crippen LogP contribution in [0.1, 0.15) is 24.5 Å². The molecule has 1 aliphatic heterocycles. The van der Waals surface area contributed by atoms with Gasteiger partial charge in [0.1, 0.15) is 0 Å². The van der Waals surface area contributed by atoms with Gasteiger partial charge >= 0.3 is 12.0 Å². The second-order valence-electron chi connectivity index (χ2n) is 6.14. The lowest BCUT2D eigenvalue weighted by atomic mass is 10.1. The molecule has 1 aromatic carbocycles. The molecule has 0 radical (unpaired) electrons. The number of amides is 4. The summed E-state index contributed by atoms with van der Waals surface area (Å²) in [6.45, 7) is 5.61. The first kappa shape index (κ1) is 19.4. The maximum Gasteiger partial charge on any atom is 0.321 e. The van der Waals surface area contributed by atoms with Gasteiger partial charge in [0.15, 0.2) is 6.61 Å². The lowest BCUT2D eigenvalue weighted by Crippen LogP contribution is -2.41. The fourth-order valence-electron chi connectivity index (χ4n) is 2.75. The summed E-state index contributed by atoms with van der Waals surface area (Å²) in [5.41, 5.74) is 2.82. The number of urea groups is 1. The molecule has 140 valence electrons. The first-order valence-electron chi connectivity index (χ1n) is 8.44. The number of hydrogen-bond donors (Lipinski definition) is 2. The van der Waals surface area contributed by atoms with Gasteiger partial charge < -0.3 is 15.0 Å². The second kappa shape index (κ2) is 8.46. The van der Waals surface area contributed by atoms with E-state index in [0.29, 0.717) is 6.54 Å². The fraction of sp³-hybridized carbons (Fsp3) is 0.444. The van der Waals surface area contributed by atoms with Gasteiger partial charge in [-0.2, -0.15) is 0 Å². The van der Waals surface area contributed by atoms with Crippen molar-refractivity contribution in [3.8, 4) is 0 Å². The van der Waals surface area contributed by atoms with Crippen LogP contribution in [-0.4, -0.2) is 43.5 Å². The molecule has 8 heteroatoms. The highest BCUT2D eigenvalue weighted by Crippen LogP contribution is 2.29. The Bertz CT molecular complexity index is 732. The van der Waals surface area contributed by atoms with Crippen LogP contribution in [0.5, 0.6) is 0 Å². The van der Waals surface area contributed by atoms with E-state index in [1.807, 2.05) is 37.4 Å². The predicted octanol–water partition coefficient (Wildman–Crippen LogP) is 1.05. The third kappa shape index (κ3) is 4.59. The zero-order valence-corrected chi connectivity index (χ0v) is 15.1. The second-order valence-corrected chi connectivity index (χ2v) is 6.14. The van der Waals surface area contributed by atoms with Crippen molar-refractivity contribution in [2.75, 3.05) is 24.6 Å². The number of carbonyl (C=O) groups excluding carboxylic acids is 4. The Morgan fingerprint density at radius 3 is 2.69 bits per heavy atom. The van der Waals surface area contributed by atoms with Crippen molar-refractivity contribution in [2.24, 2.45) is 5.92 Å². The molecule has 26 heavy (non-hydrogen) atoms. The normalized spacial score (nSPS) is 16.3. The number of hydrogen-bond acceptors (Lipinski definition) is 5. The van der Waals surface area contributed by atoms with Crippen molar-refractivity contribution in [1.29, 1.82) is 0 Å². The Hall–Kier alpha value is -2.90. The molecule has 1 saturated heterocycles. The minimum absolute atomic E-state index is 0.0319. The number of benzene rings is 1. The highest BCUT2D eigenvalue weighted by atomic mass is 16.5. The highest BCUT2D eigenvalue weighted by molar-refractivity contribution is 6.00. The Kier molecular flexibility index (Phi) is 6.32. The largest absolute Gasteiger partial charge is 0.455 e. The number of esters is 1. The van der Waals surface area contributed by atoms with Crippen LogP contribution in [0.25, 0.3) is 0 Å². The third-order valence-corrected chi connectivity index (χ3v) is 4.26. The van der Waals surface area contributed by atoms with Gasteiger partial charge in [0.25, 0.3) is 5.91 Å². The van der Waals surface area contributed by atoms with E-state index >= 15 is 0 Å². The number of aryl methyl sites for hydroxylation is 1. The molecule has 8 nitrogen and oxygen atoms in total. The van der Waals surface area contributed by atoms with Crippen LogP contribution in [0.4, 0.5) is 10.5 Å². The van der Waals surface area contributed by atoms with Crippen LogP contribution in [0, 0.1) is 19.8 Å². The van der Waals surface area contributed by atoms with E-state index in [9.17, 15) is 19.2 Å². The average Bonchev–Trinajstić information content (AvgIpc) is 2.97. The molecule has 1 aliphatic rings. The molecule has 0 aromatic heterocycles. The molecule has 0 bridgehead atoms. The van der Waals surface area contributed by atoms with Gasteiger partial charge in [0.05, 0.1) is 5.92 Å². The number of nitrogens with one attached hydrogen (secondary N) is 2. The molecule has 2 rings (SSSR count).